The fourth-order valence-electron chi connectivity index (χ4n) is 3.19. The molecule has 0 spiro atoms. The second-order valence-corrected chi connectivity index (χ2v) is 7.42. The van der Waals surface area contributed by atoms with E-state index in [2.05, 4.69) is 23.7 Å². The Bertz CT molecular complexity index is 772. The van der Waals surface area contributed by atoms with Crippen LogP contribution in [0.5, 0.6) is 5.75 Å². The van der Waals surface area contributed by atoms with Crippen molar-refractivity contribution in [2.75, 3.05) is 12.3 Å². The molecule has 0 saturated carbocycles. The van der Waals surface area contributed by atoms with Gasteiger partial charge in [0.05, 0.1) is 5.75 Å². The normalized spacial score (nSPS) is 17.3. The Morgan fingerprint density at radius 2 is 2.12 bits per heavy atom. The van der Waals surface area contributed by atoms with E-state index >= 15 is 0 Å². The number of rotatable bonds is 6. The molecule has 0 bridgehead atoms. The summed E-state index contributed by atoms with van der Waals surface area (Å²) in [6, 6.07) is 7.16. The van der Waals surface area contributed by atoms with Gasteiger partial charge in [0.15, 0.2) is 11.0 Å². The van der Waals surface area contributed by atoms with Crippen molar-refractivity contribution in [1.82, 2.24) is 19.7 Å². The second kappa shape index (κ2) is 8.40. The lowest BCUT2D eigenvalue weighted by Crippen LogP contribution is -2.43. The Balaban J connectivity index is 1.74. The van der Waals surface area contributed by atoms with Crippen LogP contribution in [-0.2, 0) is 11.3 Å². The molecule has 26 heavy (non-hydrogen) atoms. The molecule has 7 heteroatoms. The third-order valence-corrected chi connectivity index (χ3v) is 5.55. The molecule has 3 rings (SSSR count). The average Bonchev–Trinajstić information content (AvgIpc) is 3.04. The van der Waals surface area contributed by atoms with E-state index in [0.29, 0.717) is 29.3 Å². The van der Waals surface area contributed by atoms with Crippen LogP contribution in [-0.4, -0.2) is 49.0 Å². The summed E-state index contributed by atoms with van der Waals surface area (Å²) in [5.74, 6) is 1.42. The Hall–Kier alpha value is -2.28. The van der Waals surface area contributed by atoms with E-state index < -0.39 is 0 Å². The van der Waals surface area contributed by atoms with Crippen molar-refractivity contribution in [2.24, 2.45) is 0 Å². The van der Waals surface area contributed by atoms with Gasteiger partial charge in [-0.15, -0.1) is 16.8 Å². The van der Waals surface area contributed by atoms with Gasteiger partial charge in [0.1, 0.15) is 5.75 Å². The number of phenols is 1. The van der Waals surface area contributed by atoms with Crippen LogP contribution in [0.15, 0.2) is 42.1 Å². The number of hydrogen-bond acceptors (Lipinski definition) is 5. The van der Waals surface area contributed by atoms with Gasteiger partial charge in [-0.25, -0.2) is 0 Å². The summed E-state index contributed by atoms with van der Waals surface area (Å²) in [6.07, 6.45) is 5.14. The van der Waals surface area contributed by atoms with Crippen LogP contribution >= 0.6 is 11.8 Å². The summed E-state index contributed by atoms with van der Waals surface area (Å²) in [5.41, 5.74) is 0.861. The third-order valence-electron chi connectivity index (χ3n) is 4.60. The van der Waals surface area contributed by atoms with Gasteiger partial charge in [-0.05, 0) is 50.5 Å². The summed E-state index contributed by atoms with van der Waals surface area (Å²) in [7, 11) is 0. The lowest BCUT2D eigenvalue weighted by molar-refractivity contribution is -0.131. The topological polar surface area (TPSA) is 71.2 Å². The van der Waals surface area contributed by atoms with Gasteiger partial charge in [-0.2, -0.15) is 0 Å². The van der Waals surface area contributed by atoms with Crippen molar-refractivity contribution in [3.05, 3.63) is 36.9 Å². The molecule has 2 heterocycles. The van der Waals surface area contributed by atoms with Crippen LogP contribution in [0.4, 0.5) is 0 Å². The van der Waals surface area contributed by atoms with Gasteiger partial charge in [0, 0.05) is 24.7 Å². The number of benzene rings is 1. The SMILES string of the molecule is C=CCn1c(SCC(=O)N2CCCCC2C)nnc1-c1ccc(O)cc1. The molecule has 1 unspecified atom stereocenters. The van der Waals surface area contributed by atoms with E-state index in [4.69, 9.17) is 0 Å². The largest absolute Gasteiger partial charge is 0.508 e. The molecule has 0 radical (unpaired) electrons. The molecule has 2 aromatic rings. The number of carbonyl (C=O) groups is 1. The van der Waals surface area contributed by atoms with E-state index in [-0.39, 0.29) is 11.7 Å². The maximum Gasteiger partial charge on any atom is 0.233 e. The number of allylic oxidation sites excluding steroid dienone is 1. The number of aromatic nitrogens is 3. The molecule has 1 amide bonds. The molecule has 1 fully saturated rings. The average molecular weight is 372 g/mol. The van der Waals surface area contributed by atoms with E-state index in [1.807, 2.05) is 9.47 Å². The summed E-state index contributed by atoms with van der Waals surface area (Å²) >= 11 is 1.41. The van der Waals surface area contributed by atoms with Crippen LogP contribution in [0, 0.1) is 0 Å². The highest BCUT2D eigenvalue weighted by Gasteiger charge is 2.24. The molecule has 0 aliphatic carbocycles. The number of piperidine rings is 1. The van der Waals surface area contributed by atoms with E-state index in [1.54, 1.807) is 30.3 Å². The zero-order valence-corrected chi connectivity index (χ0v) is 15.8. The molecule has 1 atom stereocenters. The standard InChI is InChI=1S/C19H24N4O2S/c1-3-11-23-18(15-7-9-16(24)10-8-15)20-21-19(23)26-13-17(25)22-12-5-4-6-14(22)2/h3,7-10,14,24H,1,4-6,11-13H2,2H3. The number of thioether (sulfide) groups is 1. The van der Waals surface area contributed by atoms with E-state index in [0.717, 1.165) is 24.9 Å². The van der Waals surface area contributed by atoms with Crippen molar-refractivity contribution >= 4 is 17.7 Å². The minimum Gasteiger partial charge on any atom is -0.508 e. The highest BCUT2D eigenvalue weighted by atomic mass is 32.2. The first kappa shape index (κ1) is 18.5. The van der Waals surface area contributed by atoms with E-state index in [9.17, 15) is 9.90 Å². The minimum atomic E-state index is 0.154. The first-order chi connectivity index (χ1) is 12.6. The zero-order valence-electron chi connectivity index (χ0n) is 15.0. The van der Waals surface area contributed by atoms with E-state index in [1.165, 1.54) is 18.2 Å². The first-order valence-corrected chi connectivity index (χ1v) is 9.84. The molecular formula is C19H24N4O2S. The number of phenolic OH excluding ortho intramolecular Hbond substituents is 1. The van der Waals surface area contributed by atoms with Crippen molar-refractivity contribution in [2.45, 2.75) is 43.9 Å². The van der Waals surface area contributed by atoms with Gasteiger partial charge < -0.3 is 10.0 Å². The summed E-state index contributed by atoms with van der Waals surface area (Å²) in [6.45, 7) is 7.32. The summed E-state index contributed by atoms with van der Waals surface area (Å²) in [4.78, 5) is 14.5. The predicted octanol–water partition coefficient (Wildman–Crippen LogP) is 3.33. The molecule has 1 saturated heterocycles. The number of hydrogen-bond donors (Lipinski definition) is 1. The highest BCUT2D eigenvalue weighted by Crippen LogP contribution is 2.26. The third kappa shape index (κ3) is 4.09. The Kier molecular flexibility index (Phi) is 5.98. The van der Waals surface area contributed by atoms with Gasteiger partial charge >= 0.3 is 0 Å². The lowest BCUT2D eigenvalue weighted by Gasteiger charge is -2.33. The van der Waals surface area contributed by atoms with Gasteiger partial charge in [0.25, 0.3) is 0 Å². The maximum absolute atomic E-state index is 12.6. The molecule has 1 aromatic heterocycles. The summed E-state index contributed by atoms with van der Waals surface area (Å²) in [5, 5.41) is 18.7. The molecule has 6 nitrogen and oxygen atoms in total. The highest BCUT2D eigenvalue weighted by molar-refractivity contribution is 7.99. The number of amides is 1. The lowest BCUT2D eigenvalue weighted by atomic mass is 10.0. The molecule has 138 valence electrons. The predicted molar refractivity (Wildman–Crippen MR) is 103 cm³/mol. The number of likely N-dealkylation sites (tertiary alicyclic amines) is 1. The summed E-state index contributed by atoms with van der Waals surface area (Å²) < 4.78 is 1.94. The monoisotopic (exact) mass is 372 g/mol. The van der Waals surface area contributed by atoms with Crippen LogP contribution in [0.25, 0.3) is 11.4 Å². The number of aromatic hydroxyl groups is 1. The second-order valence-electron chi connectivity index (χ2n) is 6.47. The van der Waals surface area contributed by atoms with Gasteiger partial charge in [-0.1, -0.05) is 17.8 Å². The Morgan fingerprint density at radius 1 is 1.35 bits per heavy atom. The quantitative estimate of drug-likeness (QED) is 0.622. The van der Waals surface area contributed by atoms with Crippen LogP contribution in [0.1, 0.15) is 26.2 Å². The Morgan fingerprint density at radius 3 is 2.81 bits per heavy atom. The molecule has 1 aromatic carbocycles. The minimum absolute atomic E-state index is 0.154. The first-order valence-electron chi connectivity index (χ1n) is 8.86. The van der Waals surface area contributed by atoms with Crippen molar-refractivity contribution < 1.29 is 9.90 Å². The van der Waals surface area contributed by atoms with Crippen LogP contribution in [0.3, 0.4) is 0 Å². The molecular weight excluding hydrogens is 348 g/mol. The molecule has 1 aliphatic rings. The maximum atomic E-state index is 12.6. The number of carbonyl (C=O) groups excluding carboxylic acids is 1. The fraction of sp³-hybridized carbons (Fsp3) is 0.421. The zero-order chi connectivity index (χ0) is 18.5. The Labute approximate surface area is 157 Å². The van der Waals surface area contributed by atoms with Crippen molar-refractivity contribution in [3.8, 4) is 17.1 Å². The van der Waals surface area contributed by atoms with Gasteiger partial charge in [0.2, 0.25) is 5.91 Å². The fourth-order valence-corrected chi connectivity index (χ4v) is 4.02. The molecule has 1 N–H and O–H groups in total. The van der Waals surface area contributed by atoms with Crippen molar-refractivity contribution in [3.63, 3.8) is 0 Å². The molecule has 1 aliphatic heterocycles. The van der Waals surface area contributed by atoms with Crippen LogP contribution in [0.2, 0.25) is 0 Å². The smallest absolute Gasteiger partial charge is 0.233 e. The van der Waals surface area contributed by atoms with Crippen molar-refractivity contribution in [1.29, 1.82) is 0 Å². The number of nitrogens with zero attached hydrogens (tertiary/aromatic N) is 4. The van der Waals surface area contributed by atoms with Gasteiger partial charge in [-0.3, -0.25) is 9.36 Å². The van der Waals surface area contributed by atoms with Crippen LogP contribution < -0.4 is 0 Å².